The van der Waals surface area contributed by atoms with E-state index in [4.69, 9.17) is 21.3 Å². The maximum absolute atomic E-state index is 14.2. The number of hydrogen-bond donors (Lipinski definition) is 2. The fourth-order valence-electron chi connectivity index (χ4n) is 5.15. The van der Waals surface area contributed by atoms with E-state index in [9.17, 15) is 8.78 Å². The van der Waals surface area contributed by atoms with Crippen LogP contribution in [-0.4, -0.2) is 50.9 Å². The molecule has 4 aromatic rings. The van der Waals surface area contributed by atoms with E-state index in [1.54, 1.807) is 6.33 Å². The van der Waals surface area contributed by atoms with Gasteiger partial charge in [0.15, 0.2) is 11.5 Å². The maximum atomic E-state index is 14.2. The molecule has 0 radical (unpaired) electrons. The third kappa shape index (κ3) is 3.49. The Bertz CT molecular complexity index is 1450. The molecule has 2 aliphatic rings. The second-order valence-corrected chi connectivity index (χ2v) is 9.57. The summed E-state index contributed by atoms with van der Waals surface area (Å²) in [5.41, 5.74) is 2.59. The molecular weight excluding hydrogens is 462 g/mol. The Morgan fingerprint density at radius 1 is 1.24 bits per heavy atom. The van der Waals surface area contributed by atoms with Crippen LogP contribution in [-0.2, 0) is 4.74 Å². The van der Waals surface area contributed by atoms with Crippen molar-refractivity contribution in [2.75, 3.05) is 24.6 Å². The number of aromatic amines is 2. The van der Waals surface area contributed by atoms with Crippen LogP contribution in [0.2, 0.25) is 5.02 Å². The molecule has 2 fully saturated rings. The van der Waals surface area contributed by atoms with Crippen molar-refractivity contribution in [1.29, 1.82) is 0 Å². The quantitative estimate of drug-likeness (QED) is 0.389. The summed E-state index contributed by atoms with van der Waals surface area (Å²) in [6, 6.07) is 1.78. The van der Waals surface area contributed by atoms with E-state index in [1.807, 2.05) is 0 Å². The Labute approximate surface area is 198 Å². The Hall–Kier alpha value is -3.22. The van der Waals surface area contributed by atoms with Crippen molar-refractivity contribution in [2.45, 2.75) is 32.3 Å². The maximum Gasteiger partial charge on any atom is 0.161 e. The summed E-state index contributed by atoms with van der Waals surface area (Å²) in [4.78, 5) is 14.8. The molecule has 34 heavy (non-hydrogen) atoms. The fourth-order valence-corrected chi connectivity index (χ4v) is 5.39. The lowest BCUT2D eigenvalue weighted by Crippen LogP contribution is -2.41. The molecule has 0 bridgehead atoms. The zero-order valence-electron chi connectivity index (χ0n) is 18.4. The average Bonchev–Trinajstić information content (AvgIpc) is 3.52. The topological polar surface area (TPSA) is 82.7 Å². The third-order valence-corrected chi connectivity index (χ3v) is 7.20. The van der Waals surface area contributed by atoms with E-state index < -0.39 is 11.6 Å². The van der Waals surface area contributed by atoms with Crippen LogP contribution in [0.5, 0.6) is 0 Å². The SMILES string of the molecule is C[C@H]1CC2(CCN(c3nc4[nH]nc(C#Cc5c(F)cc(F)cc5Cl)c4c4[nH]cnc34)CC2)CO1. The highest BCUT2D eigenvalue weighted by atomic mass is 35.5. The molecule has 0 amide bonds. The number of aromatic nitrogens is 5. The molecule has 1 aromatic carbocycles. The summed E-state index contributed by atoms with van der Waals surface area (Å²) >= 11 is 5.98. The van der Waals surface area contributed by atoms with E-state index in [0.29, 0.717) is 22.8 Å². The summed E-state index contributed by atoms with van der Waals surface area (Å²) in [5, 5.41) is 7.79. The smallest absolute Gasteiger partial charge is 0.161 e. The number of ether oxygens (including phenoxy) is 1. The van der Waals surface area contributed by atoms with Gasteiger partial charge in [0.05, 0.1) is 40.5 Å². The number of pyridine rings is 1. The number of hydrogen-bond acceptors (Lipinski definition) is 5. The average molecular weight is 483 g/mol. The van der Waals surface area contributed by atoms with Crippen molar-refractivity contribution in [2.24, 2.45) is 5.41 Å². The Morgan fingerprint density at radius 3 is 2.79 bits per heavy atom. The summed E-state index contributed by atoms with van der Waals surface area (Å²) in [6.07, 6.45) is 5.14. The number of imidazole rings is 1. The van der Waals surface area contributed by atoms with Gasteiger partial charge in [-0.3, -0.25) is 5.10 Å². The highest BCUT2D eigenvalue weighted by molar-refractivity contribution is 6.31. The molecule has 10 heteroatoms. The number of piperidine rings is 1. The standard InChI is InChI=1S/C24H21ClF2N6O/c1-13-10-24(11-34-13)4-6-33(7-5-24)23-21-20(28-12-29-21)19-18(31-32-22(19)30-23)3-2-15-16(25)8-14(26)9-17(15)27/h8-9,12-13H,4-7,10-11H2,1H3,(H,28,29)(H,30,31,32)/t13-/m0/s1. The third-order valence-electron chi connectivity index (χ3n) is 6.90. The monoisotopic (exact) mass is 482 g/mol. The molecular formula is C24H21ClF2N6O. The first kappa shape index (κ1) is 21.3. The number of benzene rings is 1. The van der Waals surface area contributed by atoms with Crippen molar-refractivity contribution in [1.82, 2.24) is 25.1 Å². The van der Waals surface area contributed by atoms with Crippen molar-refractivity contribution in [3.63, 3.8) is 0 Å². The second-order valence-electron chi connectivity index (χ2n) is 9.16. The molecule has 2 N–H and O–H groups in total. The first-order valence-corrected chi connectivity index (χ1v) is 11.5. The van der Waals surface area contributed by atoms with Gasteiger partial charge in [-0.05, 0) is 43.6 Å². The number of nitrogens with zero attached hydrogens (tertiary/aromatic N) is 4. The summed E-state index contributed by atoms with van der Waals surface area (Å²) in [5.74, 6) is 4.74. The van der Waals surface area contributed by atoms with Crippen LogP contribution < -0.4 is 4.90 Å². The minimum Gasteiger partial charge on any atom is -0.378 e. The van der Waals surface area contributed by atoms with Crippen LogP contribution in [0.25, 0.3) is 22.1 Å². The largest absolute Gasteiger partial charge is 0.378 e. The van der Waals surface area contributed by atoms with Crippen molar-refractivity contribution in [3.05, 3.63) is 46.4 Å². The van der Waals surface area contributed by atoms with Gasteiger partial charge in [-0.15, -0.1) is 0 Å². The highest BCUT2D eigenvalue weighted by Gasteiger charge is 2.41. The zero-order chi connectivity index (χ0) is 23.4. The predicted octanol–water partition coefficient (Wildman–Crippen LogP) is 4.56. The molecule has 2 aliphatic heterocycles. The van der Waals surface area contributed by atoms with Gasteiger partial charge >= 0.3 is 0 Å². The van der Waals surface area contributed by atoms with Gasteiger partial charge < -0.3 is 14.6 Å². The molecule has 0 unspecified atom stereocenters. The number of nitrogens with one attached hydrogen (secondary N) is 2. The van der Waals surface area contributed by atoms with Gasteiger partial charge in [-0.2, -0.15) is 5.10 Å². The molecule has 1 atom stereocenters. The van der Waals surface area contributed by atoms with E-state index >= 15 is 0 Å². The second kappa shape index (κ2) is 7.93. The van der Waals surface area contributed by atoms with E-state index in [0.717, 1.165) is 67.9 Å². The van der Waals surface area contributed by atoms with Crippen molar-refractivity contribution < 1.29 is 13.5 Å². The molecule has 7 nitrogen and oxygen atoms in total. The van der Waals surface area contributed by atoms with Gasteiger partial charge in [-0.25, -0.2) is 18.7 Å². The van der Waals surface area contributed by atoms with Gasteiger partial charge in [0.25, 0.3) is 0 Å². The Balaban J connectivity index is 1.36. The van der Waals surface area contributed by atoms with Crippen molar-refractivity contribution in [3.8, 4) is 11.8 Å². The lowest BCUT2D eigenvalue weighted by atomic mass is 9.77. The molecule has 0 saturated carbocycles. The molecule has 1 spiro atoms. The molecule has 6 rings (SSSR count). The van der Waals surface area contributed by atoms with Crippen molar-refractivity contribution >= 4 is 39.5 Å². The first-order chi connectivity index (χ1) is 16.4. The Morgan fingerprint density at radius 2 is 2.06 bits per heavy atom. The normalized spacial score (nSPS) is 19.8. The van der Waals surface area contributed by atoms with E-state index in [2.05, 4.69) is 43.8 Å². The van der Waals surface area contributed by atoms with E-state index in [1.165, 1.54) is 0 Å². The van der Waals surface area contributed by atoms with Gasteiger partial charge in [0, 0.05) is 19.2 Å². The molecule has 3 aromatic heterocycles. The van der Waals surface area contributed by atoms with Crippen LogP contribution in [0.15, 0.2) is 18.5 Å². The van der Waals surface area contributed by atoms with Crippen LogP contribution in [0.4, 0.5) is 14.6 Å². The number of anilines is 1. The Kier molecular flexibility index (Phi) is 4.97. The summed E-state index contributed by atoms with van der Waals surface area (Å²) in [7, 11) is 0. The summed E-state index contributed by atoms with van der Waals surface area (Å²) in [6.45, 7) is 4.72. The van der Waals surface area contributed by atoms with Crippen LogP contribution in [0.1, 0.15) is 37.4 Å². The van der Waals surface area contributed by atoms with Gasteiger partial charge in [-0.1, -0.05) is 17.5 Å². The van der Waals surface area contributed by atoms with Crippen LogP contribution in [0, 0.1) is 28.9 Å². The zero-order valence-corrected chi connectivity index (χ0v) is 19.1. The number of fused-ring (bicyclic) bond motifs is 3. The lowest BCUT2D eigenvalue weighted by Gasteiger charge is -2.39. The molecule has 2 saturated heterocycles. The lowest BCUT2D eigenvalue weighted by molar-refractivity contribution is 0.0976. The molecule has 5 heterocycles. The minimum absolute atomic E-state index is 0.0860. The highest BCUT2D eigenvalue weighted by Crippen LogP contribution is 2.43. The number of halogens is 3. The molecule has 174 valence electrons. The first-order valence-electron chi connectivity index (χ1n) is 11.2. The minimum atomic E-state index is -0.825. The number of H-pyrrole nitrogens is 2. The fraction of sp³-hybridized carbons (Fsp3) is 0.375. The molecule has 0 aliphatic carbocycles. The van der Waals surface area contributed by atoms with Gasteiger partial charge in [0.1, 0.15) is 22.8 Å². The van der Waals surface area contributed by atoms with Crippen LogP contribution in [0.3, 0.4) is 0 Å². The van der Waals surface area contributed by atoms with Crippen LogP contribution >= 0.6 is 11.6 Å². The number of rotatable bonds is 1. The van der Waals surface area contributed by atoms with Gasteiger partial charge in [0.2, 0.25) is 0 Å². The van der Waals surface area contributed by atoms with E-state index in [-0.39, 0.29) is 16.0 Å². The predicted molar refractivity (Wildman–Crippen MR) is 125 cm³/mol. The summed E-state index contributed by atoms with van der Waals surface area (Å²) < 4.78 is 33.3.